The standard InChI is InChI=1S/C21H20FN3O2/c1-13(14-4-6-16(22)7-5-14)24-21-23-12-18-17-11-20(27-3)19(26-2)10-15(17)8-9-25(18)21/h4-7,10-12H,8-9H2,1-3H3. The summed E-state index contributed by atoms with van der Waals surface area (Å²) in [6.45, 7) is 2.69. The quantitative estimate of drug-likeness (QED) is 0.644. The molecule has 0 fully saturated rings. The fourth-order valence-corrected chi connectivity index (χ4v) is 3.39. The maximum Gasteiger partial charge on any atom is 0.230 e. The van der Waals surface area contributed by atoms with Gasteiger partial charge in [-0.05, 0) is 48.7 Å². The second-order valence-corrected chi connectivity index (χ2v) is 6.41. The van der Waals surface area contributed by atoms with Gasteiger partial charge in [-0.3, -0.25) is 0 Å². The highest BCUT2D eigenvalue weighted by Crippen LogP contribution is 2.39. The molecule has 0 saturated carbocycles. The number of aryl methyl sites for hydroxylation is 1. The zero-order valence-corrected chi connectivity index (χ0v) is 15.5. The number of hydrogen-bond acceptors (Lipinski definition) is 4. The first-order valence-corrected chi connectivity index (χ1v) is 8.72. The molecular weight excluding hydrogens is 345 g/mol. The number of benzene rings is 2. The molecule has 0 radical (unpaired) electrons. The Labute approximate surface area is 157 Å². The van der Waals surface area contributed by atoms with E-state index in [9.17, 15) is 4.39 Å². The monoisotopic (exact) mass is 365 g/mol. The van der Waals surface area contributed by atoms with E-state index in [-0.39, 0.29) is 5.82 Å². The van der Waals surface area contributed by atoms with E-state index in [1.807, 2.05) is 25.3 Å². The van der Waals surface area contributed by atoms with Crippen LogP contribution in [0.1, 0.15) is 18.1 Å². The molecule has 3 aromatic rings. The van der Waals surface area contributed by atoms with E-state index in [1.54, 1.807) is 26.4 Å². The Balaban J connectivity index is 1.74. The summed E-state index contributed by atoms with van der Waals surface area (Å²) >= 11 is 0. The van der Waals surface area contributed by atoms with Gasteiger partial charge in [-0.15, -0.1) is 0 Å². The molecule has 2 heterocycles. The summed E-state index contributed by atoms with van der Waals surface area (Å²) < 4.78 is 26.1. The minimum atomic E-state index is -0.259. The molecule has 0 amide bonds. The summed E-state index contributed by atoms with van der Waals surface area (Å²) in [6, 6.07) is 10.3. The normalized spacial score (nSPS) is 13.1. The largest absolute Gasteiger partial charge is 0.493 e. The number of nitrogens with zero attached hydrogens (tertiary/aromatic N) is 3. The van der Waals surface area contributed by atoms with Gasteiger partial charge in [0.15, 0.2) is 11.5 Å². The maximum atomic E-state index is 13.1. The van der Waals surface area contributed by atoms with Gasteiger partial charge < -0.3 is 14.0 Å². The molecule has 1 aliphatic rings. The summed E-state index contributed by atoms with van der Waals surface area (Å²) in [5, 5.41) is 0. The van der Waals surface area contributed by atoms with Gasteiger partial charge >= 0.3 is 0 Å². The molecule has 0 saturated heterocycles. The number of halogens is 1. The highest BCUT2D eigenvalue weighted by atomic mass is 19.1. The van der Waals surface area contributed by atoms with Crippen LogP contribution in [0.2, 0.25) is 0 Å². The first-order chi connectivity index (χ1) is 13.1. The van der Waals surface area contributed by atoms with E-state index in [0.29, 0.717) is 11.7 Å². The Morgan fingerprint density at radius 2 is 1.81 bits per heavy atom. The number of aliphatic imine (C=N–C) groups is 1. The maximum absolute atomic E-state index is 13.1. The van der Waals surface area contributed by atoms with Crippen LogP contribution < -0.4 is 9.47 Å². The van der Waals surface area contributed by atoms with Crippen molar-refractivity contribution in [3.8, 4) is 22.8 Å². The van der Waals surface area contributed by atoms with E-state index in [1.165, 1.54) is 17.7 Å². The number of hydrogen-bond donors (Lipinski definition) is 0. The van der Waals surface area contributed by atoms with Crippen molar-refractivity contribution in [3.63, 3.8) is 0 Å². The van der Waals surface area contributed by atoms with Crippen molar-refractivity contribution in [1.82, 2.24) is 9.55 Å². The van der Waals surface area contributed by atoms with Crippen LogP contribution in [0.15, 0.2) is 47.6 Å². The van der Waals surface area contributed by atoms with Crippen LogP contribution in [-0.4, -0.2) is 29.5 Å². The van der Waals surface area contributed by atoms with Gasteiger partial charge in [0.1, 0.15) is 5.82 Å². The third kappa shape index (κ3) is 3.07. The highest BCUT2D eigenvalue weighted by Gasteiger charge is 2.22. The number of fused-ring (bicyclic) bond motifs is 3. The minimum Gasteiger partial charge on any atom is -0.493 e. The van der Waals surface area contributed by atoms with Crippen LogP contribution in [0.3, 0.4) is 0 Å². The van der Waals surface area contributed by atoms with Gasteiger partial charge in [-0.2, -0.15) is 0 Å². The molecule has 1 aromatic heterocycles. The van der Waals surface area contributed by atoms with Crippen LogP contribution in [-0.2, 0) is 13.0 Å². The molecule has 27 heavy (non-hydrogen) atoms. The van der Waals surface area contributed by atoms with Crippen LogP contribution in [0.5, 0.6) is 11.5 Å². The van der Waals surface area contributed by atoms with Crippen molar-refractivity contribution in [1.29, 1.82) is 0 Å². The first kappa shape index (κ1) is 17.3. The predicted octanol–water partition coefficient (Wildman–Crippen LogP) is 4.40. The lowest BCUT2D eigenvalue weighted by atomic mass is 9.98. The molecule has 1 aliphatic heterocycles. The lowest BCUT2D eigenvalue weighted by Gasteiger charge is -2.21. The van der Waals surface area contributed by atoms with Gasteiger partial charge in [0.25, 0.3) is 0 Å². The van der Waals surface area contributed by atoms with Gasteiger partial charge in [-0.1, -0.05) is 12.1 Å². The fourth-order valence-electron chi connectivity index (χ4n) is 3.39. The Hall–Kier alpha value is -3.15. The molecule has 0 spiro atoms. The molecule has 138 valence electrons. The van der Waals surface area contributed by atoms with Crippen molar-refractivity contribution < 1.29 is 13.9 Å². The highest BCUT2D eigenvalue weighted by molar-refractivity contribution is 5.99. The van der Waals surface area contributed by atoms with Crippen molar-refractivity contribution in [2.75, 3.05) is 14.2 Å². The molecule has 5 nitrogen and oxygen atoms in total. The number of imidazole rings is 1. The zero-order valence-electron chi connectivity index (χ0n) is 15.5. The van der Waals surface area contributed by atoms with E-state index in [0.717, 1.165) is 41.2 Å². The first-order valence-electron chi connectivity index (χ1n) is 8.72. The topological polar surface area (TPSA) is 48.6 Å². The van der Waals surface area contributed by atoms with Crippen LogP contribution >= 0.6 is 0 Å². The molecule has 0 atom stereocenters. The summed E-state index contributed by atoms with van der Waals surface area (Å²) in [4.78, 5) is 9.18. The molecule has 0 unspecified atom stereocenters. The zero-order chi connectivity index (χ0) is 19.0. The number of methoxy groups -OCH3 is 2. The SMILES string of the molecule is COc1cc2c(cc1OC)-c1cnc(N=C(C)c3ccc(F)cc3)n1CC2. The van der Waals surface area contributed by atoms with Crippen molar-refractivity contribution in [3.05, 3.63) is 59.5 Å². The van der Waals surface area contributed by atoms with E-state index < -0.39 is 0 Å². The third-order valence-electron chi connectivity index (χ3n) is 4.85. The van der Waals surface area contributed by atoms with Gasteiger partial charge in [-0.25, -0.2) is 14.4 Å². The summed E-state index contributed by atoms with van der Waals surface area (Å²) in [7, 11) is 3.27. The Morgan fingerprint density at radius 3 is 2.52 bits per heavy atom. The van der Waals surface area contributed by atoms with E-state index >= 15 is 0 Å². The number of ether oxygens (including phenoxy) is 2. The molecule has 6 heteroatoms. The molecule has 0 bridgehead atoms. The van der Waals surface area contributed by atoms with E-state index in [2.05, 4.69) is 14.5 Å². The summed E-state index contributed by atoms with van der Waals surface area (Å²) in [5.74, 6) is 1.81. The lowest BCUT2D eigenvalue weighted by Crippen LogP contribution is -2.11. The molecule has 4 rings (SSSR count). The Kier molecular flexibility index (Phi) is 4.39. The number of rotatable bonds is 4. The fraction of sp³-hybridized carbons (Fsp3) is 0.238. The van der Waals surface area contributed by atoms with Crippen LogP contribution in [0, 0.1) is 5.82 Å². The molecule has 2 aromatic carbocycles. The summed E-state index contributed by atoms with van der Waals surface area (Å²) in [5.41, 5.74) is 4.94. The second-order valence-electron chi connectivity index (χ2n) is 6.41. The van der Waals surface area contributed by atoms with Crippen molar-refractivity contribution >= 4 is 11.7 Å². The Bertz CT molecular complexity index is 1020. The molecule has 0 N–H and O–H groups in total. The second kappa shape index (κ2) is 6.87. The average Bonchev–Trinajstić information content (AvgIpc) is 3.10. The van der Waals surface area contributed by atoms with E-state index in [4.69, 9.17) is 9.47 Å². The Morgan fingerprint density at radius 1 is 1.11 bits per heavy atom. The molecular formula is C21H20FN3O2. The lowest BCUT2D eigenvalue weighted by molar-refractivity contribution is 0.354. The smallest absolute Gasteiger partial charge is 0.230 e. The van der Waals surface area contributed by atoms with Crippen molar-refractivity contribution in [2.24, 2.45) is 4.99 Å². The van der Waals surface area contributed by atoms with Gasteiger partial charge in [0.05, 0.1) is 26.1 Å². The molecule has 0 aliphatic carbocycles. The summed E-state index contributed by atoms with van der Waals surface area (Å²) in [6.07, 6.45) is 2.69. The minimum absolute atomic E-state index is 0.259. The third-order valence-corrected chi connectivity index (χ3v) is 4.85. The van der Waals surface area contributed by atoms with Crippen molar-refractivity contribution in [2.45, 2.75) is 19.9 Å². The predicted molar refractivity (Wildman–Crippen MR) is 103 cm³/mol. The van der Waals surface area contributed by atoms with Gasteiger partial charge in [0, 0.05) is 17.8 Å². The van der Waals surface area contributed by atoms with Gasteiger partial charge in [0.2, 0.25) is 5.95 Å². The number of aromatic nitrogens is 2. The average molecular weight is 365 g/mol. The van der Waals surface area contributed by atoms with Crippen LogP contribution in [0.25, 0.3) is 11.3 Å². The van der Waals surface area contributed by atoms with Crippen LogP contribution in [0.4, 0.5) is 10.3 Å².